The van der Waals surface area contributed by atoms with E-state index in [4.69, 9.17) is 0 Å². The zero-order valence-electron chi connectivity index (χ0n) is 9.88. The Morgan fingerprint density at radius 2 is 1.78 bits per heavy atom. The number of carbonyl (C=O) groups excluding carboxylic acids is 3. The maximum absolute atomic E-state index is 12.3. The van der Waals surface area contributed by atoms with Crippen molar-refractivity contribution in [2.75, 3.05) is 7.11 Å². The first-order valence-corrected chi connectivity index (χ1v) is 5.90. The molecule has 3 atom stereocenters. The Labute approximate surface area is 104 Å². The van der Waals surface area contributed by atoms with E-state index in [1.165, 1.54) is 7.11 Å². The van der Waals surface area contributed by atoms with Crippen LogP contribution < -0.4 is 0 Å². The molecule has 0 saturated heterocycles. The number of hydrogen-bond donors (Lipinski definition) is 0. The SMILES string of the molecule is COC(=O)C1CC2C(=O)c3ccccc3C(=O)C12. The van der Waals surface area contributed by atoms with Gasteiger partial charge in [0.25, 0.3) is 0 Å². The molecule has 1 fully saturated rings. The normalized spacial score (nSPS) is 29.1. The number of rotatable bonds is 1. The van der Waals surface area contributed by atoms with Crippen LogP contribution in [0.15, 0.2) is 24.3 Å². The molecule has 4 heteroatoms. The van der Waals surface area contributed by atoms with Crippen molar-refractivity contribution in [1.29, 1.82) is 0 Å². The van der Waals surface area contributed by atoms with Crippen LogP contribution in [0.3, 0.4) is 0 Å². The summed E-state index contributed by atoms with van der Waals surface area (Å²) in [5, 5.41) is 0. The van der Waals surface area contributed by atoms with Gasteiger partial charge in [-0.15, -0.1) is 0 Å². The maximum atomic E-state index is 12.3. The van der Waals surface area contributed by atoms with Crippen LogP contribution in [0.5, 0.6) is 0 Å². The van der Waals surface area contributed by atoms with E-state index in [2.05, 4.69) is 4.74 Å². The Morgan fingerprint density at radius 1 is 1.17 bits per heavy atom. The minimum absolute atomic E-state index is 0.0182. The molecule has 0 aliphatic heterocycles. The van der Waals surface area contributed by atoms with Crippen molar-refractivity contribution < 1.29 is 19.1 Å². The van der Waals surface area contributed by atoms with Gasteiger partial charge in [-0.3, -0.25) is 14.4 Å². The summed E-state index contributed by atoms with van der Waals surface area (Å²) in [4.78, 5) is 36.0. The molecule has 3 unspecified atom stereocenters. The average Bonchev–Trinajstić information content (AvgIpc) is 2.35. The molecule has 18 heavy (non-hydrogen) atoms. The highest BCUT2D eigenvalue weighted by Gasteiger charge is 2.56. The van der Waals surface area contributed by atoms with Gasteiger partial charge in [-0.05, 0) is 6.42 Å². The molecule has 0 spiro atoms. The minimum atomic E-state index is -0.514. The third-order valence-electron chi connectivity index (χ3n) is 3.98. The lowest BCUT2D eigenvalue weighted by atomic mass is 9.56. The van der Waals surface area contributed by atoms with Gasteiger partial charge in [0.15, 0.2) is 11.6 Å². The number of benzene rings is 1. The number of hydrogen-bond acceptors (Lipinski definition) is 4. The maximum Gasteiger partial charge on any atom is 0.309 e. The van der Waals surface area contributed by atoms with Gasteiger partial charge in [0, 0.05) is 23.0 Å². The number of ketones is 2. The summed E-state index contributed by atoms with van der Waals surface area (Å²) in [5.41, 5.74) is 0.935. The zero-order chi connectivity index (χ0) is 12.9. The summed E-state index contributed by atoms with van der Waals surface area (Å²) in [6, 6.07) is 6.81. The van der Waals surface area contributed by atoms with E-state index < -0.39 is 17.8 Å². The lowest BCUT2D eigenvalue weighted by Crippen LogP contribution is -2.52. The van der Waals surface area contributed by atoms with Crippen LogP contribution >= 0.6 is 0 Å². The number of carbonyl (C=O) groups is 3. The molecular formula is C14H12O4. The van der Waals surface area contributed by atoms with Crippen LogP contribution in [-0.2, 0) is 9.53 Å². The van der Waals surface area contributed by atoms with Crippen LogP contribution in [0.25, 0.3) is 0 Å². The Kier molecular flexibility index (Phi) is 2.33. The summed E-state index contributed by atoms with van der Waals surface area (Å²) in [6.07, 6.45) is 0.427. The Bertz CT molecular complexity index is 561. The summed E-state index contributed by atoms with van der Waals surface area (Å²) >= 11 is 0. The largest absolute Gasteiger partial charge is 0.469 e. The molecule has 1 aromatic carbocycles. The molecule has 92 valence electrons. The van der Waals surface area contributed by atoms with Gasteiger partial charge in [0.2, 0.25) is 0 Å². The Hall–Kier alpha value is -1.97. The topological polar surface area (TPSA) is 60.4 Å². The van der Waals surface area contributed by atoms with Crippen LogP contribution in [0.4, 0.5) is 0 Å². The second kappa shape index (κ2) is 3.77. The van der Waals surface area contributed by atoms with E-state index in [9.17, 15) is 14.4 Å². The highest BCUT2D eigenvalue weighted by molar-refractivity contribution is 6.18. The standard InChI is InChI=1S/C14H12O4/c1-18-14(17)10-6-9-11(10)13(16)8-5-3-2-4-7(8)12(9)15/h2-5,9-11H,6H2,1H3. The molecule has 1 saturated carbocycles. The van der Waals surface area contributed by atoms with Gasteiger partial charge in [0.05, 0.1) is 13.0 Å². The summed E-state index contributed by atoms with van der Waals surface area (Å²) in [7, 11) is 1.30. The molecule has 0 amide bonds. The molecule has 0 heterocycles. The van der Waals surface area contributed by atoms with Crippen molar-refractivity contribution in [2.45, 2.75) is 6.42 Å². The number of esters is 1. The van der Waals surface area contributed by atoms with Crippen LogP contribution in [0, 0.1) is 17.8 Å². The third kappa shape index (κ3) is 1.29. The molecule has 4 nitrogen and oxygen atoms in total. The first-order valence-electron chi connectivity index (χ1n) is 5.90. The Balaban J connectivity index is 2.01. The fraction of sp³-hybridized carbons (Fsp3) is 0.357. The first-order chi connectivity index (χ1) is 8.65. The lowest BCUT2D eigenvalue weighted by molar-refractivity contribution is -0.152. The number of methoxy groups -OCH3 is 1. The zero-order valence-corrected chi connectivity index (χ0v) is 9.88. The third-order valence-corrected chi connectivity index (χ3v) is 3.98. The second-order valence-corrected chi connectivity index (χ2v) is 4.77. The molecule has 0 bridgehead atoms. The van der Waals surface area contributed by atoms with Crippen LogP contribution in [0.2, 0.25) is 0 Å². The first kappa shape index (κ1) is 11.1. The summed E-state index contributed by atoms with van der Waals surface area (Å²) < 4.78 is 4.67. The van der Waals surface area contributed by atoms with Crippen molar-refractivity contribution in [1.82, 2.24) is 0 Å². The van der Waals surface area contributed by atoms with Crippen molar-refractivity contribution in [2.24, 2.45) is 17.8 Å². The van der Waals surface area contributed by atoms with E-state index in [-0.39, 0.29) is 17.5 Å². The van der Waals surface area contributed by atoms with Gasteiger partial charge in [0.1, 0.15) is 0 Å². The van der Waals surface area contributed by atoms with Crippen molar-refractivity contribution >= 4 is 17.5 Å². The molecule has 2 aliphatic carbocycles. The fourth-order valence-corrected chi connectivity index (χ4v) is 2.97. The molecule has 1 aromatic rings. The highest BCUT2D eigenvalue weighted by atomic mass is 16.5. The summed E-state index contributed by atoms with van der Waals surface area (Å²) in [6.45, 7) is 0. The average molecular weight is 244 g/mol. The number of ether oxygens (including phenoxy) is 1. The van der Waals surface area contributed by atoms with Crippen molar-refractivity contribution in [3.05, 3.63) is 35.4 Å². The highest BCUT2D eigenvalue weighted by Crippen LogP contribution is 2.48. The van der Waals surface area contributed by atoms with Gasteiger partial charge in [-0.1, -0.05) is 24.3 Å². The fourth-order valence-electron chi connectivity index (χ4n) is 2.97. The van der Waals surface area contributed by atoms with Gasteiger partial charge in [-0.25, -0.2) is 0 Å². The predicted octanol–water partition coefficient (Wildman–Crippen LogP) is 1.49. The smallest absolute Gasteiger partial charge is 0.309 e. The lowest BCUT2D eigenvalue weighted by Gasteiger charge is -2.43. The van der Waals surface area contributed by atoms with E-state index >= 15 is 0 Å². The van der Waals surface area contributed by atoms with Crippen LogP contribution in [0.1, 0.15) is 27.1 Å². The summed E-state index contributed by atoms with van der Waals surface area (Å²) in [5.74, 6) is -1.81. The van der Waals surface area contributed by atoms with Gasteiger partial charge >= 0.3 is 5.97 Å². The minimum Gasteiger partial charge on any atom is -0.469 e. The number of fused-ring (bicyclic) bond motifs is 2. The quantitative estimate of drug-likeness (QED) is 0.702. The number of Topliss-reactive ketones (excluding diaryl/α,β-unsaturated/α-hetero) is 2. The molecular weight excluding hydrogens is 232 g/mol. The molecule has 2 aliphatic rings. The molecule has 3 rings (SSSR count). The van der Waals surface area contributed by atoms with Crippen LogP contribution in [-0.4, -0.2) is 24.6 Å². The van der Waals surface area contributed by atoms with Crippen molar-refractivity contribution in [3.8, 4) is 0 Å². The predicted molar refractivity (Wildman–Crippen MR) is 62.2 cm³/mol. The van der Waals surface area contributed by atoms with Gasteiger partial charge < -0.3 is 4.74 Å². The molecule has 0 aromatic heterocycles. The molecule has 0 radical (unpaired) electrons. The second-order valence-electron chi connectivity index (χ2n) is 4.77. The van der Waals surface area contributed by atoms with E-state index in [0.29, 0.717) is 17.5 Å². The van der Waals surface area contributed by atoms with E-state index in [1.807, 2.05) is 0 Å². The van der Waals surface area contributed by atoms with Crippen molar-refractivity contribution in [3.63, 3.8) is 0 Å². The monoisotopic (exact) mass is 244 g/mol. The van der Waals surface area contributed by atoms with E-state index in [0.717, 1.165) is 0 Å². The van der Waals surface area contributed by atoms with E-state index in [1.54, 1.807) is 24.3 Å². The molecule has 0 N–H and O–H groups in total. The van der Waals surface area contributed by atoms with Gasteiger partial charge in [-0.2, -0.15) is 0 Å². The Morgan fingerprint density at radius 3 is 2.39 bits per heavy atom.